The monoisotopic (exact) mass is 312 g/mol. The predicted octanol–water partition coefficient (Wildman–Crippen LogP) is 1.21. The highest BCUT2D eigenvalue weighted by Gasteiger charge is 2.18. The maximum absolute atomic E-state index is 11.9. The lowest BCUT2D eigenvalue weighted by Gasteiger charge is -2.29. The number of hydrogen-bond donors (Lipinski definition) is 2. The van der Waals surface area contributed by atoms with Crippen LogP contribution in [0.25, 0.3) is 0 Å². The van der Waals surface area contributed by atoms with E-state index in [1.807, 2.05) is 6.07 Å². The Hall–Kier alpha value is -0.980. The van der Waals surface area contributed by atoms with Crippen molar-refractivity contribution in [2.24, 2.45) is 5.73 Å². The molecule has 0 radical (unpaired) electrons. The average molecular weight is 313 g/mol. The van der Waals surface area contributed by atoms with Crippen LogP contribution in [0, 0.1) is 0 Å². The molecule has 0 atom stereocenters. The van der Waals surface area contributed by atoms with E-state index in [0.717, 1.165) is 25.9 Å². The number of aromatic nitrogens is 1. The first-order valence-electron chi connectivity index (χ1n) is 6.03. The van der Waals surface area contributed by atoms with E-state index in [1.165, 1.54) is 0 Å². The fraction of sp³-hybridized carbons (Fsp3) is 0.500. The van der Waals surface area contributed by atoms with Crippen LogP contribution in [0.5, 0.6) is 0 Å². The van der Waals surface area contributed by atoms with Crippen LogP contribution in [0.1, 0.15) is 12.8 Å². The van der Waals surface area contributed by atoms with Gasteiger partial charge >= 0.3 is 0 Å². The van der Waals surface area contributed by atoms with Gasteiger partial charge in [-0.1, -0.05) is 0 Å². The first-order chi connectivity index (χ1) is 8.65. The molecule has 98 valence electrons. The molecule has 0 unspecified atom stereocenters. The summed E-state index contributed by atoms with van der Waals surface area (Å²) < 4.78 is 0.652. The molecule has 2 heterocycles. The second-order valence-electron chi connectivity index (χ2n) is 4.50. The number of nitrogens with zero attached hydrogens (tertiary/aromatic N) is 2. The van der Waals surface area contributed by atoms with Gasteiger partial charge in [0, 0.05) is 25.3 Å². The Morgan fingerprint density at radius 3 is 2.94 bits per heavy atom. The van der Waals surface area contributed by atoms with Crippen molar-refractivity contribution in [3.63, 3.8) is 0 Å². The molecule has 0 aliphatic carbocycles. The number of pyridine rings is 1. The topological polar surface area (TPSA) is 71.2 Å². The molecule has 0 spiro atoms. The summed E-state index contributed by atoms with van der Waals surface area (Å²) in [5, 5.41) is 2.85. The first-order valence-corrected chi connectivity index (χ1v) is 6.83. The highest BCUT2D eigenvalue weighted by atomic mass is 79.9. The Kier molecular flexibility index (Phi) is 4.68. The van der Waals surface area contributed by atoms with Crippen LogP contribution in [0.4, 0.5) is 5.69 Å². The zero-order chi connectivity index (χ0) is 13.0. The summed E-state index contributed by atoms with van der Waals surface area (Å²) in [6.45, 7) is 2.19. The van der Waals surface area contributed by atoms with Gasteiger partial charge in [0.25, 0.3) is 0 Å². The average Bonchev–Trinajstić information content (AvgIpc) is 2.35. The number of nitrogens with two attached hydrogens (primary N) is 1. The van der Waals surface area contributed by atoms with Crippen LogP contribution in [-0.4, -0.2) is 41.5 Å². The lowest BCUT2D eigenvalue weighted by atomic mass is 10.1. The fourth-order valence-corrected chi connectivity index (χ4v) is 2.33. The highest BCUT2D eigenvalue weighted by Crippen LogP contribution is 2.18. The lowest BCUT2D eigenvalue weighted by Crippen LogP contribution is -2.43. The summed E-state index contributed by atoms with van der Waals surface area (Å²) in [6, 6.07) is 3.90. The number of hydrogen-bond acceptors (Lipinski definition) is 4. The van der Waals surface area contributed by atoms with Gasteiger partial charge in [-0.2, -0.15) is 0 Å². The Balaban J connectivity index is 1.84. The van der Waals surface area contributed by atoms with E-state index in [0.29, 0.717) is 16.8 Å². The third-order valence-corrected chi connectivity index (χ3v) is 3.66. The van der Waals surface area contributed by atoms with Crippen LogP contribution < -0.4 is 11.1 Å². The molecule has 0 bridgehead atoms. The second-order valence-corrected chi connectivity index (χ2v) is 5.25. The molecule has 18 heavy (non-hydrogen) atoms. The fourth-order valence-electron chi connectivity index (χ4n) is 1.98. The molecular formula is C12H17BrN4O. The second kappa shape index (κ2) is 6.26. The van der Waals surface area contributed by atoms with E-state index in [9.17, 15) is 4.79 Å². The van der Waals surface area contributed by atoms with Crippen LogP contribution in [0.3, 0.4) is 0 Å². The Bertz CT molecular complexity index is 418. The smallest absolute Gasteiger partial charge is 0.238 e. The summed E-state index contributed by atoms with van der Waals surface area (Å²) >= 11 is 3.30. The van der Waals surface area contributed by atoms with Crippen molar-refractivity contribution in [1.82, 2.24) is 9.88 Å². The molecule has 3 N–H and O–H groups in total. The number of amides is 1. The number of nitrogens with one attached hydrogen (secondary N) is 1. The molecule has 0 saturated carbocycles. The Labute approximate surface area is 115 Å². The minimum absolute atomic E-state index is 0.0147. The number of carbonyl (C=O) groups excluding carboxylic acids is 1. The maximum Gasteiger partial charge on any atom is 0.238 e. The van der Waals surface area contributed by atoms with E-state index in [2.05, 4.69) is 31.1 Å². The third kappa shape index (κ3) is 3.76. The largest absolute Gasteiger partial charge is 0.328 e. The predicted molar refractivity (Wildman–Crippen MR) is 74.2 cm³/mol. The van der Waals surface area contributed by atoms with Gasteiger partial charge in [0.05, 0.1) is 12.2 Å². The van der Waals surface area contributed by atoms with Crippen LogP contribution in [0.2, 0.25) is 0 Å². The molecule has 1 saturated heterocycles. The summed E-state index contributed by atoms with van der Waals surface area (Å²) in [4.78, 5) is 18.1. The minimum Gasteiger partial charge on any atom is -0.328 e. The Morgan fingerprint density at radius 1 is 1.56 bits per heavy atom. The molecule has 6 heteroatoms. The number of halogens is 1. The van der Waals surface area contributed by atoms with E-state index in [1.54, 1.807) is 12.3 Å². The van der Waals surface area contributed by atoms with Gasteiger partial charge in [-0.25, -0.2) is 4.98 Å². The van der Waals surface area contributed by atoms with Gasteiger partial charge in [-0.15, -0.1) is 0 Å². The maximum atomic E-state index is 11.9. The molecule has 1 fully saturated rings. The summed E-state index contributed by atoms with van der Waals surface area (Å²) in [7, 11) is 0. The normalized spacial score (nSPS) is 17.7. The molecule has 1 aliphatic rings. The lowest BCUT2D eigenvalue weighted by molar-refractivity contribution is -0.117. The summed E-state index contributed by atoms with van der Waals surface area (Å²) in [5.74, 6) is -0.0147. The number of anilines is 1. The first kappa shape index (κ1) is 13.5. The van der Waals surface area contributed by atoms with E-state index >= 15 is 0 Å². The molecule has 0 aromatic carbocycles. The van der Waals surface area contributed by atoms with Crippen molar-refractivity contribution in [2.75, 3.05) is 25.0 Å². The summed E-state index contributed by atoms with van der Waals surface area (Å²) in [6.07, 6.45) is 3.60. The van der Waals surface area contributed by atoms with Crippen molar-refractivity contribution < 1.29 is 4.79 Å². The molecule has 1 aromatic rings. The van der Waals surface area contributed by atoms with Crippen molar-refractivity contribution in [1.29, 1.82) is 0 Å². The Morgan fingerprint density at radius 2 is 2.28 bits per heavy atom. The number of likely N-dealkylation sites (tertiary alicyclic amines) is 1. The zero-order valence-corrected chi connectivity index (χ0v) is 11.7. The van der Waals surface area contributed by atoms with Gasteiger partial charge in [-0.05, 0) is 40.9 Å². The number of piperidine rings is 1. The van der Waals surface area contributed by atoms with Crippen LogP contribution in [-0.2, 0) is 4.79 Å². The van der Waals surface area contributed by atoms with Gasteiger partial charge < -0.3 is 11.1 Å². The zero-order valence-electron chi connectivity index (χ0n) is 10.1. The number of rotatable bonds is 3. The van der Waals surface area contributed by atoms with Crippen molar-refractivity contribution in [3.8, 4) is 0 Å². The molecule has 1 aromatic heterocycles. The molecule has 1 aliphatic heterocycles. The minimum atomic E-state index is -0.0147. The van der Waals surface area contributed by atoms with E-state index in [4.69, 9.17) is 5.73 Å². The highest BCUT2D eigenvalue weighted by molar-refractivity contribution is 9.10. The third-order valence-electron chi connectivity index (χ3n) is 3.03. The quantitative estimate of drug-likeness (QED) is 0.823. The van der Waals surface area contributed by atoms with E-state index in [-0.39, 0.29) is 11.9 Å². The van der Waals surface area contributed by atoms with Gasteiger partial charge in [-0.3, -0.25) is 9.69 Å². The summed E-state index contributed by atoms with van der Waals surface area (Å²) in [5.41, 5.74) is 6.53. The molecule has 5 nitrogen and oxygen atoms in total. The van der Waals surface area contributed by atoms with Gasteiger partial charge in [0.1, 0.15) is 4.60 Å². The number of carbonyl (C=O) groups is 1. The van der Waals surface area contributed by atoms with Crippen LogP contribution >= 0.6 is 15.9 Å². The van der Waals surface area contributed by atoms with Crippen molar-refractivity contribution in [3.05, 3.63) is 22.9 Å². The van der Waals surface area contributed by atoms with Crippen molar-refractivity contribution in [2.45, 2.75) is 18.9 Å². The van der Waals surface area contributed by atoms with E-state index < -0.39 is 0 Å². The molecule has 1 amide bonds. The molecule has 2 rings (SSSR count). The van der Waals surface area contributed by atoms with Gasteiger partial charge in [0.2, 0.25) is 5.91 Å². The van der Waals surface area contributed by atoms with Crippen LogP contribution in [0.15, 0.2) is 22.9 Å². The SMILES string of the molecule is NC1CCN(CC(=O)Nc2cccnc2Br)CC1. The van der Waals surface area contributed by atoms with Crippen molar-refractivity contribution >= 4 is 27.5 Å². The van der Waals surface area contributed by atoms with Gasteiger partial charge in [0.15, 0.2) is 0 Å². The molecular weight excluding hydrogens is 296 g/mol. The standard InChI is InChI=1S/C12H17BrN4O/c13-12-10(2-1-5-15-12)16-11(18)8-17-6-3-9(14)4-7-17/h1-2,5,9H,3-4,6-8,14H2,(H,16,18).